The predicted octanol–water partition coefficient (Wildman–Crippen LogP) is 7.28. The zero-order valence-electron chi connectivity index (χ0n) is 21.8. The molecule has 200 valence electrons. The van der Waals surface area contributed by atoms with E-state index in [4.69, 9.17) is 13.9 Å². The van der Waals surface area contributed by atoms with Gasteiger partial charge in [-0.25, -0.2) is 0 Å². The van der Waals surface area contributed by atoms with E-state index in [-0.39, 0.29) is 17.1 Å². The van der Waals surface area contributed by atoms with Crippen LogP contribution in [0.4, 0.5) is 0 Å². The van der Waals surface area contributed by atoms with E-state index in [9.17, 15) is 9.59 Å². The van der Waals surface area contributed by atoms with Crippen LogP contribution in [-0.2, 0) is 13.2 Å². The number of fused-ring (bicyclic) bond motifs is 2. The summed E-state index contributed by atoms with van der Waals surface area (Å²) in [5.74, 6) is 0.878. The monoisotopic (exact) mass is 595 g/mol. The largest absolute Gasteiger partial charge is 0.490 e. The number of benzene rings is 4. The van der Waals surface area contributed by atoms with Crippen molar-refractivity contribution in [1.82, 2.24) is 4.90 Å². The van der Waals surface area contributed by atoms with Crippen LogP contribution >= 0.6 is 15.9 Å². The van der Waals surface area contributed by atoms with Gasteiger partial charge in [-0.1, -0.05) is 82.7 Å². The quantitative estimate of drug-likeness (QED) is 0.188. The van der Waals surface area contributed by atoms with Gasteiger partial charge in [0.15, 0.2) is 16.9 Å². The Bertz CT molecular complexity index is 1750. The minimum atomic E-state index is -0.662. The van der Waals surface area contributed by atoms with Crippen molar-refractivity contribution in [2.45, 2.75) is 26.1 Å². The lowest BCUT2D eigenvalue weighted by Gasteiger charge is -2.26. The standard InChI is InChI=1S/C33H26BrNO5/c1-2-38-28-17-23(13-15-27(28)39-20-22-11-7-4-8-12-22)30-29-31(36)25-18-24(34)14-16-26(25)40-32(29)33(37)35(30)19-21-9-5-3-6-10-21/h3-18,30H,2,19-20H2,1H3. The van der Waals surface area contributed by atoms with Gasteiger partial charge in [-0.05, 0) is 53.9 Å². The molecule has 0 saturated carbocycles. The average molecular weight is 596 g/mol. The highest BCUT2D eigenvalue weighted by Gasteiger charge is 2.43. The van der Waals surface area contributed by atoms with Crippen LogP contribution in [0.2, 0.25) is 0 Å². The predicted molar refractivity (Wildman–Crippen MR) is 157 cm³/mol. The Morgan fingerprint density at radius 3 is 2.27 bits per heavy atom. The van der Waals surface area contributed by atoms with E-state index in [2.05, 4.69) is 15.9 Å². The van der Waals surface area contributed by atoms with Crippen LogP contribution in [0.25, 0.3) is 11.0 Å². The molecule has 0 radical (unpaired) electrons. The van der Waals surface area contributed by atoms with Gasteiger partial charge < -0.3 is 18.8 Å². The molecule has 4 aromatic carbocycles. The summed E-state index contributed by atoms with van der Waals surface area (Å²) < 4.78 is 18.9. The number of nitrogens with zero attached hydrogens (tertiary/aromatic N) is 1. The summed E-state index contributed by atoms with van der Waals surface area (Å²) in [5, 5.41) is 0.417. The van der Waals surface area contributed by atoms with Crippen LogP contribution in [0, 0.1) is 0 Å². The Morgan fingerprint density at radius 1 is 0.825 bits per heavy atom. The summed E-state index contributed by atoms with van der Waals surface area (Å²) in [6, 6.07) is 29.8. The number of carbonyl (C=O) groups is 1. The molecule has 0 bridgehead atoms. The van der Waals surface area contributed by atoms with E-state index in [0.29, 0.717) is 47.8 Å². The van der Waals surface area contributed by atoms with E-state index < -0.39 is 6.04 Å². The van der Waals surface area contributed by atoms with Gasteiger partial charge in [-0.15, -0.1) is 0 Å². The first-order valence-electron chi connectivity index (χ1n) is 13.1. The fraction of sp³-hybridized carbons (Fsp3) is 0.152. The molecule has 1 aliphatic rings. The van der Waals surface area contributed by atoms with Gasteiger partial charge >= 0.3 is 0 Å². The van der Waals surface area contributed by atoms with Crippen molar-refractivity contribution in [1.29, 1.82) is 0 Å². The summed E-state index contributed by atoms with van der Waals surface area (Å²) in [7, 11) is 0. The highest BCUT2D eigenvalue weighted by Crippen LogP contribution is 2.42. The molecule has 40 heavy (non-hydrogen) atoms. The Hall–Kier alpha value is -4.36. The number of hydrogen-bond donors (Lipinski definition) is 0. The second-order valence-electron chi connectivity index (χ2n) is 9.55. The highest BCUT2D eigenvalue weighted by atomic mass is 79.9. The van der Waals surface area contributed by atoms with Crippen molar-refractivity contribution >= 4 is 32.8 Å². The maximum atomic E-state index is 13.9. The van der Waals surface area contributed by atoms with Crippen molar-refractivity contribution in [2.24, 2.45) is 0 Å². The summed E-state index contributed by atoms with van der Waals surface area (Å²) >= 11 is 3.45. The number of hydrogen-bond acceptors (Lipinski definition) is 5. The first-order valence-corrected chi connectivity index (χ1v) is 13.9. The number of amides is 1. The third-order valence-corrected chi connectivity index (χ3v) is 7.44. The van der Waals surface area contributed by atoms with Gasteiger partial charge in [-0.2, -0.15) is 0 Å². The molecule has 0 saturated heterocycles. The third-order valence-electron chi connectivity index (χ3n) is 6.94. The Morgan fingerprint density at radius 2 is 1.55 bits per heavy atom. The number of carbonyl (C=O) groups excluding carboxylic acids is 1. The second-order valence-corrected chi connectivity index (χ2v) is 10.5. The van der Waals surface area contributed by atoms with Gasteiger partial charge in [0.1, 0.15) is 12.2 Å². The van der Waals surface area contributed by atoms with Crippen LogP contribution in [0.15, 0.2) is 111 Å². The van der Waals surface area contributed by atoms with Crippen molar-refractivity contribution < 1.29 is 18.7 Å². The number of halogens is 1. The van der Waals surface area contributed by atoms with Crippen molar-refractivity contribution in [3.63, 3.8) is 0 Å². The van der Waals surface area contributed by atoms with E-state index >= 15 is 0 Å². The summed E-state index contributed by atoms with van der Waals surface area (Å²) in [6.45, 7) is 3.03. The zero-order chi connectivity index (χ0) is 27.6. The molecule has 0 spiro atoms. The average Bonchev–Trinajstić information content (AvgIpc) is 3.25. The minimum Gasteiger partial charge on any atom is -0.490 e. The molecule has 1 unspecified atom stereocenters. The van der Waals surface area contributed by atoms with Crippen molar-refractivity contribution in [3.05, 3.63) is 140 Å². The van der Waals surface area contributed by atoms with Gasteiger partial charge in [-0.3, -0.25) is 9.59 Å². The van der Waals surface area contributed by atoms with Crippen LogP contribution < -0.4 is 14.9 Å². The smallest absolute Gasteiger partial charge is 0.291 e. The van der Waals surface area contributed by atoms with Crippen LogP contribution in [0.1, 0.15) is 45.8 Å². The van der Waals surface area contributed by atoms with Crippen LogP contribution in [0.3, 0.4) is 0 Å². The van der Waals surface area contributed by atoms with Crippen LogP contribution in [-0.4, -0.2) is 17.4 Å². The molecule has 6 rings (SSSR count). The molecule has 6 nitrogen and oxygen atoms in total. The van der Waals surface area contributed by atoms with E-state index in [1.165, 1.54) is 0 Å². The van der Waals surface area contributed by atoms with Gasteiger partial charge in [0, 0.05) is 11.0 Å². The topological polar surface area (TPSA) is 69.0 Å². The molecule has 0 fully saturated rings. The van der Waals surface area contributed by atoms with E-state index in [1.807, 2.05) is 85.8 Å². The molecule has 7 heteroatoms. The molecule has 1 atom stereocenters. The summed E-state index contributed by atoms with van der Waals surface area (Å²) in [4.78, 5) is 29.4. The molecule has 2 heterocycles. The lowest BCUT2D eigenvalue weighted by Crippen LogP contribution is -2.29. The number of rotatable bonds is 8. The van der Waals surface area contributed by atoms with Crippen molar-refractivity contribution in [2.75, 3.05) is 6.61 Å². The summed E-state index contributed by atoms with van der Waals surface area (Å²) in [5.41, 5.74) is 3.19. The first kappa shape index (κ1) is 25.9. The van der Waals surface area contributed by atoms with Crippen molar-refractivity contribution in [3.8, 4) is 11.5 Å². The zero-order valence-corrected chi connectivity index (χ0v) is 23.4. The molecule has 0 aliphatic carbocycles. The highest BCUT2D eigenvalue weighted by molar-refractivity contribution is 9.10. The third kappa shape index (κ3) is 4.89. The lowest BCUT2D eigenvalue weighted by molar-refractivity contribution is 0.0714. The van der Waals surface area contributed by atoms with Gasteiger partial charge in [0.25, 0.3) is 5.91 Å². The Labute approximate surface area is 239 Å². The number of ether oxygens (including phenoxy) is 2. The van der Waals surface area contributed by atoms with Crippen LogP contribution in [0.5, 0.6) is 11.5 Å². The molecule has 0 N–H and O–H groups in total. The summed E-state index contributed by atoms with van der Waals surface area (Å²) in [6.07, 6.45) is 0. The maximum Gasteiger partial charge on any atom is 0.291 e. The van der Waals surface area contributed by atoms with E-state index in [1.54, 1.807) is 23.1 Å². The lowest BCUT2D eigenvalue weighted by atomic mass is 9.97. The second kappa shape index (κ2) is 11.0. The fourth-order valence-corrected chi connectivity index (χ4v) is 5.46. The normalized spacial score (nSPS) is 14.4. The SMILES string of the molecule is CCOc1cc(C2c3c(oc4ccc(Br)cc4c3=O)C(=O)N2Cc2ccccc2)ccc1OCc1ccccc1. The Balaban J connectivity index is 1.46. The molecule has 1 amide bonds. The first-order chi connectivity index (χ1) is 19.5. The van der Waals surface area contributed by atoms with Gasteiger partial charge in [0.05, 0.1) is 23.6 Å². The minimum absolute atomic E-state index is 0.0723. The van der Waals surface area contributed by atoms with E-state index in [0.717, 1.165) is 21.2 Å². The fourth-order valence-electron chi connectivity index (χ4n) is 5.10. The molecule has 1 aromatic heterocycles. The molecular weight excluding hydrogens is 570 g/mol. The molecule has 1 aliphatic heterocycles. The maximum absolute atomic E-state index is 13.9. The molecular formula is C33H26BrNO5. The van der Waals surface area contributed by atoms with Gasteiger partial charge in [0.2, 0.25) is 5.76 Å². The Kier molecular flexibility index (Phi) is 7.13. The molecule has 5 aromatic rings.